The number of nitrogens with zero attached hydrogens (tertiary/aromatic N) is 2. The third-order valence-electron chi connectivity index (χ3n) is 4.09. The second-order valence-electron chi connectivity index (χ2n) is 7.27. The molecule has 25 heavy (non-hydrogen) atoms. The van der Waals surface area contributed by atoms with Crippen LogP contribution in [0.25, 0.3) is 10.9 Å². The SMILES string of the molecule is CC(C)(C)OCCSc1nc2ccccc2c(=O)n1C[C@@H]1CCCO1. The molecule has 2 heterocycles. The number of benzene rings is 1. The van der Waals surface area contributed by atoms with Gasteiger partial charge < -0.3 is 9.47 Å². The van der Waals surface area contributed by atoms with Gasteiger partial charge in [-0.05, 0) is 45.7 Å². The molecule has 0 saturated carbocycles. The van der Waals surface area contributed by atoms with Gasteiger partial charge in [0.15, 0.2) is 5.16 Å². The first kappa shape index (κ1) is 18.4. The first-order valence-electron chi connectivity index (χ1n) is 8.82. The zero-order valence-electron chi connectivity index (χ0n) is 15.2. The standard InChI is InChI=1S/C19H26N2O3S/c1-19(2,3)24-11-12-25-18-20-16-9-5-4-8-15(16)17(22)21(18)13-14-7-6-10-23-14/h4-5,8-9,14H,6-7,10-13H2,1-3H3/t14-/m0/s1. The summed E-state index contributed by atoms with van der Waals surface area (Å²) < 4.78 is 13.3. The van der Waals surface area contributed by atoms with E-state index in [4.69, 9.17) is 14.5 Å². The van der Waals surface area contributed by atoms with Crippen molar-refractivity contribution in [2.75, 3.05) is 19.0 Å². The van der Waals surface area contributed by atoms with E-state index in [0.717, 1.165) is 35.9 Å². The minimum absolute atomic E-state index is 0.0142. The van der Waals surface area contributed by atoms with E-state index in [0.29, 0.717) is 18.5 Å². The van der Waals surface area contributed by atoms with E-state index >= 15 is 0 Å². The van der Waals surface area contributed by atoms with Crippen LogP contribution in [0.2, 0.25) is 0 Å². The van der Waals surface area contributed by atoms with Crippen molar-refractivity contribution in [3.05, 3.63) is 34.6 Å². The average Bonchev–Trinajstić information content (AvgIpc) is 3.07. The van der Waals surface area contributed by atoms with Gasteiger partial charge in [0.25, 0.3) is 5.56 Å². The number of para-hydroxylation sites is 1. The molecule has 0 aliphatic carbocycles. The van der Waals surface area contributed by atoms with Crippen LogP contribution in [0.15, 0.2) is 34.2 Å². The van der Waals surface area contributed by atoms with Crippen molar-refractivity contribution in [2.24, 2.45) is 0 Å². The van der Waals surface area contributed by atoms with Gasteiger partial charge in [-0.3, -0.25) is 9.36 Å². The summed E-state index contributed by atoms with van der Waals surface area (Å²) >= 11 is 1.57. The van der Waals surface area contributed by atoms with E-state index in [1.165, 1.54) is 0 Å². The predicted molar refractivity (Wildman–Crippen MR) is 101 cm³/mol. The largest absolute Gasteiger partial charge is 0.376 e. The molecule has 1 aromatic heterocycles. The van der Waals surface area contributed by atoms with E-state index in [2.05, 4.69) is 0 Å². The van der Waals surface area contributed by atoms with Crippen LogP contribution in [-0.4, -0.2) is 40.2 Å². The van der Waals surface area contributed by atoms with Crippen molar-refractivity contribution in [1.29, 1.82) is 0 Å². The lowest BCUT2D eigenvalue weighted by molar-refractivity contribution is 0.00692. The van der Waals surface area contributed by atoms with Crippen molar-refractivity contribution in [3.8, 4) is 0 Å². The van der Waals surface area contributed by atoms with Crippen LogP contribution in [0.5, 0.6) is 0 Å². The Morgan fingerprint density at radius 2 is 2.16 bits per heavy atom. The summed E-state index contributed by atoms with van der Waals surface area (Å²) in [6.07, 6.45) is 2.16. The Balaban J connectivity index is 1.84. The molecular weight excluding hydrogens is 336 g/mol. The number of hydrogen-bond acceptors (Lipinski definition) is 5. The third-order valence-corrected chi connectivity index (χ3v) is 5.03. The minimum atomic E-state index is -0.158. The van der Waals surface area contributed by atoms with Gasteiger partial charge in [0.1, 0.15) is 0 Å². The molecule has 1 aliphatic rings. The number of hydrogen-bond donors (Lipinski definition) is 0. The van der Waals surface area contributed by atoms with Crippen LogP contribution in [0.4, 0.5) is 0 Å². The Morgan fingerprint density at radius 1 is 1.36 bits per heavy atom. The Labute approximate surface area is 152 Å². The lowest BCUT2D eigenvalue weighted by Gasteiger charge is -2.20. The third kappa shape index (κ3) is 4.84. The van der Waals surface area contributed by atoms with Gasteiger partial charge in [0.05, 0.1) is 35.8 Å². The Kier molecular flexibility index (Phi) is 5.81. The lowest BCUT2D eigenvalue weighted by atomic mass is 10.2. The fourth-order valence-electron chi connectivity index (χ4n) is 2.89. The van der Waals surface area contributed by atoms with Crippen molar-refractivity contribution in [3.63, 3.8) is 0 Å². The quantitative estimate of drug-likeness (QED) is 0.447. The van der Waals surface area contributed by atoms with Gasteiger partial charge in [-0.2, -0.15) is 0 Å². The highest BCUT2D eigenvalue weighted by atomic mass is 32.2. The maximum absolute atomic E-state index is 13.0. The van der Waals surface area contributed by atoms with E-state index in [9.17, 15) is 4.79 Å². The molecule has 1 aliphatic heterocycles. The topological polar surface area (TPSA) is 53.3 Å². The highest BCUT2D eigenvalue weighted by molar-refractivity contribution is 7.99. The first-order valence-corrected chi connectivity index (χ1v) is 9.80. The average molecular weight is 362 g/mol. The first-order chi connectivity index (χ1) is 11.9. The molecule has 1 atom stereocenters. The molecule has 3 rings (SSSR count). The summed E-state index contributed by atoms with van der Waals surface area (Å²) in [5.41, 5.74) is 0.602. The molecule has 0 spiro atoms. The van der Waals surface area contributed by atoms with Gasteiger partial charge >= 0.3 is 0 Å². The van der Waals surface area contributed by atoms with E-state index in [1.54, 1.807) is 16.3 Å². The second-order valence-corrected chi connectivity index (χ2v) is 8.33. The zero-order chi connectivity index (χ0) is 17.9. The molecule has 5 nitrogen and oxygen atoms in total. The molecule has 136 valence electrons. The fourth-order valence-corrected chi connectivity index (χ4v) is 3.72. The summed E-state index contributed by atoms with van der Waals surface area (Å²) in [6.45, 7) is 8.09. The number of rotatable bonds is 6. The number of ether oxygens (including phenoxy) is 2. The van der Waals surface area contributed by atoms with Crippen molar-refractivity contribution >= 4 is 22.7 Å². The maximum Gasteiger partial charge on any atom is 0.262 e. The molecule has 0 bridgehead atoms. The van der Waals surface area contributed by atoms with Gasteiger partial charge in [-0.1, -0.05) is 23.9 Å². The van der Waals surface area contributed by atoms with Crippen molar-refractivity contribution in [1.82, 2.24) is 9.55 Å². The van der Waals surface area contributed by atoms with E-state index in [1.807, 2.05) is 45.0 Å². The van der Waals surface area contributed by atoms with Crippen molar-refractivity contribution in [2.45, 2.75) is 57.0 Å². The van der Waals surface area contributed by atoms with Crippen LogP contribution in [0.1, 0.15) is 33.6 Å². The van der Waals surface area contributed by atoms with E-state index in [-0.39, 0.29) is 17.3 Å². The Bertz CT molecular complexity index is 776. The summed E-state index contributed by atoms with van der Waals surface area (Å²) in [7, 11) is 0. The van der Waals surface area contributed by atoms with Gasteiger partial charge in [0, 0.05) is 12.4 Å². The Morgan fingerprint density at radius 3 is 2.88 bits per heavy atom. The lowest BCUT2D eigenvalue weighted by Crippen LogP contribution is -2.29. The molecule has 2 aromatic rings. The van der Waals surface area contributed by atoms with E-state index < -0.39 is 0 Å². The van der Waals surface area contributed by atoms with Crippen LogP contribution in [0.3, 0.4) is 0 Å². The normalized spacial score (nSPS) is 18.1. The Hall–Kier alpha value is -1.37. The van der Waals surface area contributed by atoms with Crippen LogP contribution in [-0.2, 0) is 16.0 Å². The molecule has 0 unspecified atom stereocenters. The molecule has 0 amide bonds. The van der Waals surface area contributed by atoms with Crippen LogP contribution >= 0.6 is 11.8 Å². The molecule has 0 radical (unpaired) electrons. The zero-order valence-corrected chi connectivity index (χ0v) is 16.0. The molecule has 6 heteroatoms. The summed E-state index contributed by atoms with van der Waals surface area (Å²) in [4.78, 5) is 17.7. The molecule has 1 fully saturated rings. The predicted octanol–water partition coefficient (Wildman–Crippen LogP) is 3.48. The van der Waals surface area contributed by atoms with Crippen LogP contribution < -0.4 is 5.56 Å². The van der Waals surface area contributed by atoms with Crippen LogP contribution in [0, 0.1) is 0 Å². The second kappa shape index (κ2) is 7.89. The van der Waals surface area contributed by atoms with Gasteiger partial charge in [-0.25, -0.2) is 4.98 Å². The number of thioether (sulfide) groups is 1. The minimum Gasteiger partial charge on any atom is -0.376 e. The summed E-state index contributed by atoms with van der Waals surface area (Å²) in [5, 5.41) is 1.41. The van der Waals surface area contributed by atoms with Crippen molar-refractivity contribution < 1.29 is 9.47 Å². The highest BCUT2D eigenvalue weighted by Crippen LogP contribution is 2.21. The molecule has 1 aromatic carbocycles. The summed E-state index contributed by atoms with van der Waals surface area (Å²) in [6, 6.07) is 7.53. The highest BCUT2D eigenvalue weighted by Gasteiger charge is 2.20. The number of fused-ring (bicyclic) bond motifs is 1. The van der Waals surface area contributed by atoms with Gasteiger partial charge in [0.2, 0.25) is 0 Å². The molecule has 0 N–H and O–H groups in total. The number of aromatic nitrogens is 2. The molecular formula is C19H26N2O3S. The monoisotopic (exact) mass is 362 g/mol. The summed E-state index contributed by atoms with van der Waals surface area (Å²) in [5.74, 6) is 0.758. The maximum atomic E-state index is 13.0. The smallest absolute Gasteiger partial charge is 0.262 e. The fraction of sp³-hybridized carbons (Fsp3) is 0.579. The molecule has 1 saturated heterocycles. The van der Waals surface area contributed by atoms with Gasteiger partial charge in [-0.15, -0.1) is 0 Å².